The number of para-hydroxylation sites is 1. The first kappa shape index (κ1) is 28.1. The van der Waals surface area contributed by atoms with E-state index in [4.69, 9.17) is 14.0 Å². The largest absolute Gasteiger partial charge is 0.457 e. The Labute approximate surface area is 227 Å². The Balaban J connectivity index is 1.57. The van der Waals surface area contributed by atoms with E-state index >= 15 is 4.39 Å². The molecule has 3 atom stereocenters. The maximum absolute atomic E-state index is 16.1. The Morgan fingerprint density at radius 1 is 1.21 bits per heavy atom. The quantitative estimate of drug-likeness (QED) is 0.144. The van der Waals surface area contributed by atoms with Crippen LogP contribution in [0.3, 0.4) is 0 Å². The number of halogens is 1. The second-order valence-electron chi connectivity index (χ2n) is 8.31. The zero-order valence-corrected chi connectivity index (χ0v) is 22.7. The van der Waals surface area contributed by atoms with Gasteiger partial charge in [0.05, 0.1) is 0 Å². The van der Waals surface area contributed by atoms with Crippen molar-refractivity contribution in [2.75, 3.05) is 6.61 Å². The lowest BCUT2D eigenvalue weighted by molar-refractivity contribution is -0.146. The molecule has 11 nitrogen and oxygen atoms in total. The van der Waals surface area contributed by atoms with Crippen LogP contribution in [-0.2, 0) is 32.5 Å². The molecule has 0 aliphatic rings. The number of benzene rings is 2. The van der Waals surface area contributed by atoms with Crippen LogP contribution in [-0.4, -0.2) is 44.8 Å². The molecule has 0 spiro atoms. The molecule has 4 aromatic rings. The second-order valence-corrected chi connectivity index (χ2v) is 11.5. The van der Waals surface area contributed by atoms with Gasteiger partial charge in [0.25, 0.3) is 0 Å². The van der Waals surface area contributed by atoms with Crippen molar-refractivity contribution in [3.8, 4) is 5.75 Å². The van der Waals surface area contributed by atoms with Crippen molar-refractivity contribution in [2.45, 2.75) is 25.5 Å². The van der Waals surface area contributed by atoms with Crippen LogP contribution in [0.4, 0.5) is 4.39 Å². The molecule has 1 unspecified atom stereocenters. The fraction of sp³-hybridized carbons (Fsp3) is 0.240. The second kappa shape index (κ2) is 12.3. The predicted molar refractivity (Wildman–Crippen MR) is 142 cm³/mol. The van der Waals surface area contributed by atoms with Crippen molar-refractivity contribution in [1.29, 1.82) is 0 Å². The van der Waals surface area contributed by atoms with Gasteiger partial charge in [-0.3, -0.25) is 9.36 Å². The Morgan fingerprint density at radius 2 is 1.97 bits per heavy atom. The number of hydrogen-bond donors (Lipinski definition) is 1. The SMILES string of the molecule is C=CCOC(=O)c1cc2cc([C@H](F)P(=O)(N[C@@H](C)C(=O)OCc3nnnn3C)Oc3ccccc3)ccc2s1. The molecule has 0 saturated heterocycles. The van der Waals surface area contributed by atoms with Gasteiger partial charge in [0.2, 0.25) is 5.91 Å². The summed E-state index contributed by atoms with van der Waals surface area (Å²) in [5, 5.41) is 13.9. The van der Waals surface area contributed by atoms with Gasteiger partial charge in [-0.25, -0.2) is 19.0 Å². The van der Waals surface area contributed by atoms with Crippen molar-refractivity contribution in [3.05, 3.63) is 83.5 Å². The van der Waals surface area contributed by atoms with Crippen molar-refractivity contribution in [1.82, 2.24) is 25.3 Å². The highest BCUT2D eigenvalue weighted by Crippen LogP contribution is 2.58. The van der Waals surface area contributed by atoms with Gasteiger partial charge in [-0.05, 0) is 58.6 Å². The van der Waals surface area contributed by atoms with Crippen molar-refractivity contribution >= 4 is 40.9 Å². The van der Waals surface area contributed by atoms with Crippen LogP contribution in [0, 0.1) is 0 Å². The number of ether oxygens (including phenoxy) is 2. The minimum absolute atomic E-state index is 0.0313. The summed E-state index contributed by atoms with van der Waals surface area (Å²) in [6.07, 6.45) is 1.46. The van der Waals surface area contributed by atoms with E-state index in [0.29, 0.717) is 20.8 Å². The van der Waals surface area contributed by atoms with Gasteiger partial charge >= 0.3 is 19.5 Å². The van der Waals surface area contributed by atoms with E-state index in [1.54, 1.807) is 37.4 Å². The molecule has 39 heavy (non-hydrogen) atoms. The number of nitrogens with zero attached hydrogens (tertiary/aromatic N) is 4. The number of esters is 2. The van der Waals surface area contributed by atoms with Crippen LogP contribution >= 0.6 is 18.9 Å². The van der Waals surface area contributed by atoms with Crippen molar-refractivity contribution < 1.29 is 32.5 Å². The number of rotatable bonds is 12. The molecule has 0 amide bonds. The molecule has 2 aromatic heterocycles. The summed E-state index contributed by atoms with van der Waals surface area (Å²) in [6.45, 7) is 4.72. The number of hydrogen-bond acceptors (Lipinski definition) is 10. The molecular formula is C25H25FN5O6PS. The van der Waals surface area contributed by atoms with Crippen LogP contribution in [0.25, 0.3) is 10.1 Å². The molecule has 4 rings (SSSR count). The zero-order valence-electron chi connectivity index (χ0n) is 21.0. The average molecular weight is 574 g/mol. The molecule has 0 aliphatic carbocycles. The van der Waals surface area contributed by atoms with Gasteiger partial charge in [-0.2, -0.15) is 0 Å². The molecule has 204 valence electrons. The van der Waals surface area contributed by atoms with Crippen LogP contribution in [0.2, 0.25) is 0 Å². The smallest absolute Gasteiger partial charge is 0.355 e. The van der Waals surface area contributed by atoms with E-state index in [0.717, 1.165) is 0 Å². The van der Waals surface area contributed by atoms with Gasteiger partial charge < -0.3 is 14.0 Å². The fourth-order valence-corrected chi connectivity index (χ4v) is 6.29. The van der Waals surface area contributed by atoms with Gasteiger partial charge in [0.15, 0.2) is 12.4 Å². The summed E-state index contributed by atoms with van der Waals surface area (Å²) in [4.78, 5) is 25.2. The number of aryl methyl sites for hydroxylation is 1. The number of alkyl halides is 1. The summed E-state index contributed by atoms with van der Waals surface area (Å²) in [5.74, 6) is -3.07. The van der Waals surface area contributed by atoms with E-state index in [1.807, 2.05) is 0 Å². The Kier molecular flexibility index (Phi) is 8.85. The van der Waals surface area contributed by atoms with Gasteiger partial charge in [-0.15, -0.1) is 16.4 Å². The number of nitrogens with one attached hydrogen (secondary N) is 1. The maximum atomic E-state index is 16.1. The lowest BCUT2D eigenvalue weighted by Crippen LogP contribution is -2.35. The van der Waals surface area contributed by atoms with E-state index in [1.165, 1.54) is 53.3 Å². The normalized spacial score (nSPS) is 14.2. The van der Waals surface area contributed by atoms with Gasteiger partial charge in [-0.1, -0.05) is 36.9 Å². The van der Waals surface area contributed by atoms with Crippen LogP contribution in [0.15, 0.2) is 67.3 Å². The Morgan fingerprint density at radius 3 is 2.67 bits per heavy atom. The number of tetrazole rings is 1. The molecule has 0 aliphatic heterocycles. The predicted octanol–water partition coefficient (Wildman–Crippen LogP) is 4.73. The van der Waals surface area contributed by atoms with E-state index in [2.05, 4.69) is 27.2 Å². The minimum atomic E-state index is -4.42. The minimum Gasteiger partial charge on any atom is -0.457 e. The molecule has 0 radical (unpaired) electrons. The van der Waals surface area contributed by atoms with Crippen molar-refractivity contribution in [2.24, 2.45) is 7.05 Å². The molecule has 1 N–H and O–H groups in total. The van der Waals surface area contributed by atoms with E-state index in [-0.39, 0.29) is 24.5 Å². The molecule has 2 heterocycles. The first-order chi connectivity index (χ1) is 18.7. The number of carbonyl (C=O) groups excluding carboxylic acids is 2. The standard InChI is InChI=1S/C25H25FN5O6PS/c1-4-12-35-25(33)21-14-18-13-17(10-11-20(18)39-21)23(26)38(34,37-19-8-6-5-7-9-19)28-16(2)24(32)36-15-22-27-29-30-31(22)3/h4-11,13-14,16,23H,1,12,15H2,2-3H3,(H,28,34)/t16-,23+,38?/m0/s1. The number of carbonyl (C=O) groups is 2. The molecule has 14 heteroatoms. The summed E-state index contributed by atoms with van der Waals surface area (Å²) >= 11 is 1.18. The number of fused-ring (bicyclic) bond motifs is 1. The van der Waals surface area contributed by atoms with Crippen LogP contribution < -0.4 is 9.61 Å². The number of aromatic nitrogens is 4. The third-order valence-electron chi connectivity index (χ3n) is 5.41. The monoisotopic (exact) mass is 573 g/mol. The first-order valence-corrected chi connectivity index (χ1v) is 14.2. The lowest BCUT2D eigenvalue weighted by atomic mass is 10.2. The Bertz CT molecular complexity index is 1530. The molecule has 0 fully saturated rings. The summed E-state index contributed by atoms with van der Waals surface area (Å²) < 4.78 is 48.1. The molecule has 2 aromatic carbocycles. The first-order valence-electron chi connectivity index (χ1n) is 11.7. The summed E-state index contributed by atoms with van der Waals surface area (Å²) in [5.41, 5.74) is 0.0313. The van der Waals surface area contributed by atoms with E-state index in [9.17, 15) is 14.2 Å². The number of thiophene rings is 1. The Hall–Kier alpha value is -3.93. The third kappa shape index (κ3) is 6.75. The van der Waals surface area contributed by atoms with Crippen molar-refractivity contribution in [3.63, 3.8) is 0 Å². The third-order valence-corrected chi connectivity index (χ3v) is 8.63. The lowest BCUT2D eigenvalue weighted by Gasteiger charge is -2.26. The van der Waals surface area contributed by atoms with E-state index < -0.39 is 31.4 Å². The molecule has 0 bridgehead atoms. The molecular weight excluding hydrogens is 548 g/mol. The highest BCUT2D eigenvalue weighted by Gasteiger charge is 2.41. The van der Waals surface area contributed by atoms with Gasteiger partial charge in [0.1, 0.15) is 23.3 Å². The zero-order chi connectivity index (χ0) is 28.0. The highest BCUT2D eigenvalue weighted by molar-refractivity contribution is 7.57. The van der Waals surface area contributed by atoms with Gasteiger partial charge in [0, 0.05) is 11.7 Å². The van der Waals surface area contributed by atoms with Crippen LogP contribution in [0.1, 0.15) is 33.9 Å². The molecule has 0 saturated carbocycles. The summed E-state index contributed by atoms with van der Waals surface area (Å²) in [6, 6.07) is 13.0. The average Bonchev–Trinajstić information content (AvgIpc) is 3.55. The summed E-state index contributed by atoms with van der Waals surface area (Å²) in [7, 11) is -2.84. The van der Waals surface area contributed by atoms with Crippen LogP contribution in [0.5, 0.6) is 5.75 Å². The fourth-order valence-electron chi connectivity index (χ4n) is 3.44. The highest BCUT2D eigenvalue weighted by atomic mass is 32.1. The maximum Gasteiger partial charge on any atom is 0.355 e. The topological polar surface area (TPSA) is 135 Å².